The van der Waals surface area contributed by atoms with E-state index in [1.165, 1.54) is 21.8 Å². The Morgan fingerprint density at radius 3 is 2.15 bits per heavy atom. The predicted molar refractivity (Wildman–Crippen MR) is 132 cm³/mol. The van der Waals surface area contributed by atoms with Gasteiger partial charge in [0.05, 0.1) is 22.3 Å². The molecule has 0 fully saturated rings. The lowest BCUT2D eigenvalue weighted by Gasteiger charge is -2.11. The summed E-state index contributed by atoms with van der Waals surface area (Å²) in [5.41, 5.74) is 7.48. The van der Waals surface area contributed by atoms with Gasteiger partial charge < -0.3 is 4.57 Å². The van der Waals surface area contributed by atoms with E-state index in [2.05, 4.69) is 93.4 Å². The summed E-state index contributed by atoms with van der Waals surface area (Å²) in [6.07, 6.45) is 5.30. The highest BCUT2D eigenvalue weighted by atomic mass is 15.0. The minimum absolute atomic E-state index is 0.537. The molecule has 154 valence electrons. The lowest BCUT2D eigenvalue weighted by molar-refractivity contribution is 1.18. The van der Waals surface area contributed by atoms with Gasteiger partial charge in [0, 0.05) is 46.2 Å². The molecule has 0 unspecified atom stereocenters. The summed E-state index contributed by atoms with van der Waals surface area (Å²) in [7, 11) is 0. The number of fused-ring (bicyclic) bond motifs is 3. The monoisotopic (exact) mass is 422 g/mol. The van der Waals surface area contributed by atoms with Crippen molar-refractivity contribution in [1.29, 1.82) is 5.26 Å². The number of benzene rings is 3. The molecule has 0 amide bonds. The van der Waals surface area contributed by atoms with Crippen LogP contribution in [-0.4, -0.2) is 14.5 Å². The maximum atomic E-state index is 9.47. The standard InChI is InChI=1S/C29H18N4/c30-17-21-8-6-14-32-29(21)23-15-22(18-31-19-23)20-7-5-9-24(16-20)33-27-12-3-1-10-25(27)26-11-2-4-13-28(26)33/h1-16,18-19H. The van der Waals surface area contributed by atoms with Crippen LogP contribution >= 0.6 is 0 Å². The van der Waals surface area contributed by atoms with E-state index in [-0.39, 0.29) is 0 Å². The lowest BCUT2D eigenvalue weighted by Crippen LogP contribution is -1.94. The van der Waals surface area contributed by atoms with E-state index in [1.54, 1.807) is 24.5 Å². The van der Waals surface area contributed by atoms with Gasteiger partial charge in [-0.2, -0.15) is 5.26 Å². The lowest BCUT2D eigenvalue weighted by atomic mass is 10.0. The van der Waals surface area contributed by atoms with Crippen molar-refractivity contribution in [1.82, 2.24) is 14.5 Å². The van der Waals surface area contributed by atoms with Crippen LogP contribution in [0.25, 0.3) is 49.9 Å². The zero-order valence-corrected chi connectivity index (χ0v) is 17.7. The first-order chi connectivity index (χ1) is 16.3. The number of para-hydroxylation sites is 2. The molecule has 0 N–H and O–H groups in total. The molecule has 0 atom stereocenters. The summed E-state index contributed by atoms with van der Waals surface area (Å²) in [5.74, 6) is 0. The number of pyridine rings is 2. The summed E-state index contributed by atoms with van der Waals surface area (Å²) in [5, 5.41) is 11.9. The van der Waals surface area contributed by atoms with Gasteiger partial charge in [-0.3, -0.25) is 9.97 Å². The molecule has 3 heterocycles. The molecule has 0 spiro atoms. The van der Waals surface area contributed by atoms with E-state index < -0.39 is 0 Å². The van der Waals surface area contributed by atoms with Gasteiger partial charge in [-0.1, -0.05) is 48.5 Å². The Balaban J connectivity index is 1.52. The third-order valence-electron chi connectivity index (χ3n) is 5.96. The minimum atomic E-state index is 0.537. The average Bonchev–Trinajstić information content (AvgIpc) is 3.23. The highest BCUT2D eigenvalue weighted by molar-refractivity contribution is 6.09. The van der Waals surface area contributed by atoms with Crippen LogP contribution in [0.2, 0.25) is 0 Å². The molecule has 3 aromatic carbocycles. The van der Waals surface area contributed by atoms with E-state index in [0.717, 1.165) is 22.4 Å². The molecular formula is C29H18N4. The normalized spacial score (nSPS) is 11.0. The molecular weight excluding hydrogens is 404 g/mol. The highest BCUT2D eigenvalue weighted by Gasteiger charge is 2.13. The Hall–Kier alpha value is -4.75. The van der Waals surface area contributed by atoms with E-state index in [0.29, 0.717) is 11.3 Å². The number of hydrogen-bond acceptors (Lipinski definition) is 3. The minimum Gasteiger partial charge on any atom is -0.309 e. The van der Waals surface area contributed by atoms with E-state index in [9.17, 15) is 5.26 Å². The van der Waals surface area contributed by atoms with Crippen molar-refractivity contribution in [2.75, 3.05) is 0 Å². The first-order valence-electron chi connectivity index (χ1n) is 10.7. The second-order valence-corrected chi connectivity index (χ2v) is 7.89. The zero-order chi connectivity index (χ0) is 22.2. The van der Waals surface area contributed by atoms with Crippen molar-refractivity contribution < 1.29 is 0 Å². The van der Waals surface area contributed by atoms with Crippen molar-refractivity contribution >= 4 is 21.8 Å². The number of aromatic nitrogens is 3. The largest absolute Gasteiger partial charge is 0.309 e. The Bertz CT molecular complexity index is 1630. The van der Waals surface area contributed by atoms with Gasteiger partial charge in [-0.05, 0) is 48.0 Å². The molecule has 0 aliphatic heterocycles. The van der Waals surface area contributed by atoms with Crippen molar-refractivity contribution in [3.63, 3.8) is 0 Å². The van der Waals surface area contributed by atoms with Crippen LogP contribution in [0.4, 0.5) is 0 Å². The van der Waals surface area contributed by atoms with Crippen molar-refractivity contribution in [3.8, 4) is 34.1 Å². The van der Waals surface area contributed by atoms with Gasteiger partial charge in [0.15, 0.2) is 0 Å². The summed E-state index contributed by atoms with van der Waals surface area (Å²) >= 11 is 0. The van der Waals surface area contributed by atoms with Gasteiger partial charge in [-0.25, -0.2) is 0 Å². The average molecular weight is 422 g/mol. The molecule has 0 saturated heterocycles. The van der Waals surface area contributed by atoms with Gasteiger partial charge >= 0.3 is 0 Å². The highest BCUT2D eigenvalue weighted by Crippen LogP contribution is 2.33. The van der Waals surface area contributed by atoms with Crippen LogP contribution in [0.5, 0.6) is 0 Å². The molecule has 6 aromatic rings. The van der Waals surface area contributed by atoms with Gasteiger partial charge in [-0.15, -0.1) is 0 Å². The third-order valence-corrected chi connectivity index (χ3v) is 5.96. The van der Waals surface area contributed by atoms with Crippen molar-refractivity contribution in [2.45, 2.75) is 0 Å². The molecule has 0 aliphatic carbocycles. The topological polar surface area (TPSA) is 54.5 Å². The zero-order valence-electron chi connectivity index (χ0n) is 17.7. The molecule has 6 rings (SSSR count). The summed E-state index contributed by atoms with van der Waals surface area (Å²) in [4.78, 5) is 8.86. The second kappa shape index (κ2) is 7.74. The fourth-order valence-corrected chi connectivity index (χ4v) is 4.48. The Kier molecular flexibility index (Phi) is 4.45. The number of rotatable bonds is 3. The van der Waals surface area contributed by atoms with Crippen LogP contribution in [0.15, 0.2) is 110 Å². The van der Waals surface area contributed by atoms with E-state index in [4.69, 9.17) is 0 Å². The molecule has 0 bridgehead atoms. The molecule has 0 saturated carbocycles. The number of nitriles is 1. The van der Waals surface area contributed by atoms with Gasteiger partial charge in [0.25, 0.3) is 0 Å². The third kappa shape index (κ3) is 3.15. The molecule has 0 radical (unpaired) electrons. The number of nitrogens with zero attached hydrogens (tertiary/aromatic N) is 4. The van der Waals surface area contributed by atoms with Crippen LogP contribution < -0.4 is 0 Å². The first-order valence-corrected chi connectivity index (χ1v) is 10.7. The van der Waals surface area contributed by atoms with E-state index >= 15 is 0 Å². The van der Waals surface area contributed by atoms with Crippen LogP contribution in [0.3, 0.4) is 0 Å². The SMILES string of the molecule is N#Cc1cccnc1-c1cncc(-c2cccc(-n3c4ccccc4c4ccccc43)c2)c1. The molecule has 3 aromatic heterocycles. The van der Waals surface area contributed by atoms with Crippen molar-refractivity contribution in [3.05, 3.63) is 115 Å². The predicted octanol–water partition coefficient (Wildman–Crippen LogP) is 6.78. The first kappa shape index (κ1) is 19.0. The smallest absolute Gasteiger partial charge is 0.101 e. The summed E-state index contributed by atoms with van der Waals surface area (Å²) in [6.45, 7) is 0. The second-order valence-electron chi connectivity index (χ2n) is 7.89. The Labute approximate surface area is 191 Å². The maximum absolute atomic E-state index is 9.47. The fourth-order valence-electron chi connectivity index (χ4n) is 4.48. The quantitative estimate of drug-likeness (QED) is 0.316. The summed E-state index contributed by atoms with van der Waals surface area (Å²) in [6, 6.07) is 33.3. The van der Waals surface area contributed by atoms with Crippen LogP contribution in [0.1, 0.15) is 5.56 Å². The van der Waals surface area contributed by atoms with Gasteiger partial charge in [0.1, 0.15) is 6.07 Å². The Morgan fingerprint density at radius 1 is 0.667 bits per heavy atom. The van der Waals surface area contributed by atoms with Crippen LogP contribution in [0, 0.1) is 11.3 Å². The van der Waals surface area contributed by atoms with Crippen molar-refractivity contribution in [2.24, 2.45) is 0 Å². The number of hydrogen-bond donors (Lipinski definition) is 0. The van der Waals surface area contributed by atoms with Crippen LogP contribution in [-0.2, 0) is 0 Å². The summed E-state index contributed by atoms with van der Waals surface area (Å²) < 4.78 is 2.30. The molecule has 33 heavy (non-hydrogen) atoms. The molecule has 4 nitrogen and oxygen atoms in total. The van der Waals surface area contributed by atoms with Gasteiger partial charge in [0.2, 0.25) is 0 Å². The Morgan fingerprint density at radius 2 is 1.39 bits per heavy atom. The molecule has 0 aliphatic rings. The molecule has 4 heteroatoms. The maximum Gasteiger partial charge on any atom is 0.101 e. The van der Waals surface area contributed by atoms with E-state index in [1.807, 2.05) is 12.3 Å². The fraction of sp³-hybridized carbons (Fsp3) is 0.